The maximum atomic E-state index is 11.6. The molecular formula is C19H26N4OS. The van der Waals surface area contributed by atoms with Crippen LogP contribution in [-0.4, -0.2) is 18.4 Å². The number of guanidine groups is 1. The third-order valence-corrected chi connectivity index (χ3v) is 4.37. The SMILES string of the molecule is CCCC(=O)Nc1ccc(CN=C(NCC)NCc2cccs2)cc1. The lowest BCUT2D eigenvalue weighted by Crippen LogP contribution is -2.36. The largest absolute Gasteiger partial charge is 0.357 e. The summed E-state index contributed by atoms with van der Waals surface area (Å²) < 4.78 is 0. The Hall–Kier alpha value is -2.34. The Balaban J connectivity index is 1.89. The summed E-state index contributed by atoms with van der Waals surface area (Å²) >= 11 is 1.73. The number of rotatable bonds is 8. The van der Waals surface area contributed by atoms with Gasteiger partial charge in [0.2, 0.25) is 5.91 Å². The summed E-state index contributed by atoms with van der Waals surface area (Å²) in [5.41, 5.74) is 1.93. The van der Waals surface area contributed by atoms with E-state index in [1.165, 1.54) is 4.88 Å². The maximum absolute atomic E-state index is 11.6. The fourth-order valence-corrected chi connectivity index (χ4v) is 2.88. The van der Waals surface area contributed by atoms with Crippen LogP contribution in [-0.2, 0) is 17.9 Å². The number of carbonyl (C=O) groups is 1. The number of thiophene rings is 1. The molecule has 0 bridgehead atoms. The number of carbonyl (C=O) groups excluding carboxylic acids is 1. The van der Waals surface area contributed by atoms with Gasteiger partial charge in [0.1, 0.15) is 0 Å². The molecule has 6 heteroatoms. The van der Waals surface area contributed by atoms with E-state index in [1.807, 2.05) is 37.3 Å². The van der Waals surface area contributed by atoms with Crippen molar-refractivity contribution in [3.63, 3.8) is 0 Å². The van der Waals surface area contributed by atoms with Crippen LogP contribution < -0.4 is 16.0 Å². The zero-order chi connectivity index (χ0) is 17.9. The lowest BCUT2D eigenvalue weighted by Gasteiger charge is -2.10. The molecule has 25 heavy (non-hydrogen) atoms. The molecule has 0 aliphatic rings. The fraction of sp³-hybridized carbons (Fsp3) is 0.368. The van der Waals surface area contributed by atoms with E-state index in [0.717, 1.165) is 36.7 Å². The first-order valence-corrected chi connectivity index (χ1v) is 9.52. The first kappa shape index (κ1) is 19.0. The number of nitrogens with zero attached hydrogens (tertiary/aromatic N) is 1. The Kier molecular flexibility index (Phi) is 7.98. The van der Waals surface area contributed by atoms with Gasteiger partial charge in [-0.05, 0) is 42.5 Å². The second-order valence-electron chi connectivity index (χ2n) is 5.62. The Morgan fingerprint density at radius 1 is 1.12 bits per heavy atom. The van der Waals surface area contributed by atoms with E-state index in [-0.39, 0.29) is 5.91 Å². The van der Waals surface area contributed by atoms with E-state index in [2.05, 4.69) is 39.3 Å². The van der Waals surface area contributed by atoms with Gasteiger partial charge in [-0.2, -0.15) is 0 Å². The average molecular weight is 359 g/mol. The second-order valence-corrected chi connectivity index (χ2v) is 6.66. The molecular weight excluding hydrogens is 332 g/mol. The van der Waals surface area contributed by atoms with Crippen molar-refractivity contribution in [2.75, 3.05) is 11.9 Å². The lowest BCUT2D eigenvalue weighted by molar-refractivity contribution is -0.116. The summed E-state index contributed by atoms with van der Waals surface area (Å²) in [5.74, 6) is 0.858. The van der Waals surface area contributed by atoms with Gasteiger partial charge in [-0.15, -0.1) is 11.3 Å². The minimum atomic E-state index is 0.0560. The number of nitrogens with one attached hydrogen (secondary N) is 3. The van der Waals surface area contributed by atoms with Gasteiger partial charge in [-0.25, -0.2) is 4.99 Å². The summed E-state index contributed by atoms with van der Waals surface area (Å²) in [6, 6.07) is 12.0. The predicted molar refractivity (Wildman–Crippen MR) is 106 cm³/mol. The Morgan fingerprint density at radius 3 is 2.56 bits per heavy atom. The van der Waals surface area contributed by atoms with E-state index in [9.17, 15) is 4.79 Å². The quantitative estimate of drug-likeness (QED) is 0.497. The second kappa shape index (κ2) is 10.5. The van der Waals surface area contributed by atoms with E-state index >= 15 is 0 Å². The number of hydrogen-bond acceptors (Lipinski definition) is 3. The van der Waals surface area contributed by atoms with Crippen molar-refractivity contribution in [1.82, 2.24) is 10.6 Å². The van der Waals surface area contributed by atoms with Crippen molar-refractivity contribution in [3.8, 4) is 0 Å². The minimum absolute atomic E-state index is 0.0560. The fourth-order valence-electron chi connectivity index (χ4n) is 2.24. The van der Waals surface area contributed by atoms with Gasteiger partial charge in [-0.1, -0.05) is 25.1 Å². The van der Waals surface area contributed by atoms with Crippen LogP contribution in [0.1, 0.15) is 37.1 Å². The molecule has 2 rings (SSSR count). The van der Waals surface area contributed by atoms with Crippen LogP contribution in [0.4, 0.5) is 5.69 Å². The number of benzene rings is 1. The van der Waals surface area contributed by atoms with Crippen LogP contribution in [0, 0.1) is 0 Å². The van der Waals surface area contributed by atoms with Gasteiger partial charge in [0.05, 0.1) is 13.1 Å². The molecule has 3 N–H and O–H groups in total. The van der Waals surface area contributed by atoms with Crippen molar-refractivity contribution < 1.29 is 4.79 Å². The zero-order valence-corrected chi connectivity index (χ0v) is 15.7. The maximum Gasteiger partial charge on any atom is 0.224 e. The molecule has 1 aromatic heterocycles. The van der Waals surface area contributed by atoms with Gasteiger partial charge < -0.3 is 16.0 Å². The van der Waals surface area contributed by atoms with Crippen molar-refractivity contribution in [1.29, 1.82) is 0 Å². The summed E-state index contributed by atoms with van der Waals surface area (Å²) in [5, 5.41) is 11.6. The smallest absolute Gasteiger partial charge is 0.224 e. The molecule has 1 aromatic carbocycles. The van der Waals surface area contributed by atoms with Crippen molar-refractivity contribution >= 4 is 28.9 Å². The van der Waals surface area contributed by atoms with Crippen LogP contribution in [0.25, 0.3) is 0 Å². The molecule has 134 valence electrons. The molecule has 0 aliphatic carbocycles. The van der Waals surface area contributed by atoms with E-state index in [4.69, 9.17) is 0 Å². The molecule has 0 fully saturated rings. The predicted octanol–water partition coefficient (Wildman–Crippen LogP) is 3.74. The number of hydrogen-bond donors (Lipinski definition) is 3. The topological polar surface area (TPSA) is 65.5 Å². The van der Waals surface area contributed by atoms with Crippen molar-refractivity contribution in [3.05, 3.63) is 52.2 Å². The molecule has 0 atom stereocenters. The molecule has 0 saturated heterocycles. The Morgan fingerprint density at radius 2 is 1.92 bits per heavy atom. The van der Waals surface area contributed by atoms with Gasteiger partial charge in [0, 0.05) is 23.5 Å². The highest BCUT2D eigenvalue weighted by molar-refractivity contribution is 7.09. The van der Waals surface area contributed by atoms with Gasteiger partial charge in [0.15, 0.2) is 5.96 Å². The van der Waals surface area contributed by atoms with Crippen LogP contribution in [0.5, 0.6) is 0 Å². The van der Waals surface area contributed by atoms with E-state index < -0.39 is 0 Å². The molecule has 0 aliphatic heterocycles. The highest BCUT2D eigenvalue weighted by Gasteiger charge is 2.02. The monoisotopic (exact) mass is 358 g/mol. The molecule has 5 nitrogen and oxygen atoms in total. The Bertz CT molecular complexity index is 665. The van der Waals surface area contributed by atoms with Crippen LogP contribution >= 0.6 is 11.3 Å². The third kappa shape index (κ3) is 6.97. The normalized spacial score (nSPS) is 11.2. The average Bonchev–Trinajstić information content (AvgIpc) is 3.12. The van der Waals surface area contributed by atoms with Crippen molar-refractivity contribution in [2.24, 2.45) is 4.99 Å². The first-order chi connectivity index (χ1) is 12.2. The minimum Gasteiger partial charge on any atom is -0.357 e. The zero-order valence-electron chi connectivity index (χ0n) is 14.8. The van der Waals surface area contributed by atoms with Gasteiger partial charge in [0.25, 0.3) is 0 Å². The van der Waals surface area contributed by atoms with Gasteiger partial charge >= 0.3 is 0 Å². The summed E-state index contributed by atoms with van der Waals surface area (Å²) in [6.07, 6.45) is 1.40. The first-order valence-electron chi connectivity index (χ1n) is 8.64. The number of aliphatic imine (C=N–C) groups is 1. The highest BCUT2D eigenvalue weighted by Crippen LogP contribution is 2.11. The summed E-state index contributed by atoms with van der Waals surface area (Å²) in [6.45, 7) is 6.22. The summed E-state index contributed by atoms with van der Waals surface area (Å²) in [7, 11) is 0. The summed E-state index contributed by atoms with van der Waals surface area (Å²) in [4.78, 5) is 17.5. The van der Waals surface area contributed by atoms with Gasteiger partial charge in [-0.3, -0.25) is 4.79 Å². The molecule has 0 saturated carbocycles. The highest BCUT2D eigenvalue weighted by atomic mass is 32.1. The third-order valence-electron chi connectivity index (χ3n) is 3.49. The number of amides is 1. The number of anilines is 1. The molecule has 0 radical (unpaired) electrons. The Labute approximate surface area is 153 Å². The molecule has 2 aromatic rings. The lowest BCUT2D eigenvalue weighted by atomic mass is 10.2. The van der Waals surface area contributed by atoms with E-state index in [1.54, 1.807) is 11.3 Å². The molecule has 0 unspecified atom stereocenters. The molecule has 1 amide bonds. The van der Waals surface area contributed by atoms with Crippen LogP contribution in [0.3, 0.4) is 0 Å². The molecule has 1 heterocycles. The van der Waals surface area contributed by atoms with Crippen LogP contribution in [0.2, 0.25) is 0 Å². The van der Waals surface area contributed by atoms with Crippen LogP contribution in [0.15, 0.2) is 46.8 Å². The van der Waals surface area contributed by atoms with E-state index in [0.29, 0.717) is 13.0 Å². The van der Waals surface area contributed by atoms with Crippen molar-refractivity contribution in [2.45, 2.75) is 39.8 Å². The standard InChI is InChI=1S/C19H26N4OS/c1-3-6-18(24)23-16-10-8-15(9-11-16)13-21-19(20-4-2)22-14-17-7-5-12-25-17/h5,7-12H,3-4,6,13-14H2,1-2H3,(H,23,24)(H2,20,21,22). The molecule has 0 spiro atoms.